The molecular weight excluding hydrogens is 134 g/mol. The highest BCUT2D eigenvalue weighted by molar-refractivity contribution is 4.66. The normalized spacial score (nSPS) is 16.4. The van der Waals surface area contributed by atoms with Crippen LogP contribution in [0.3, 0.4) is 0 Å². The maximum Gasteiger partial charge on any atom is 0.00642 e. The predicted octanol–water partition coefficient (Wildman–Crippen LogP) is 2.81. The van der Waals surface area contributed by atoms with Crippen LogP contribution in [0.4, 0.5) is 0 Å². The summed E-state index contributed by atoms with van der Waals surface area (Å²) in [5.74, 6) is 0.829. The second-order valence-electron chi connectivity index (χ2n) is 3.47. The van der Waals surface area contributed by atoms with Gasteiger partial charge in [0.05, 0.1) is 0 Å². The van der Waals surface area contributed by atoms with Crippen LogP contribution in [-0.2, 0) is 0 Å². The highest BCUT2D eigenvalue weighted by Gasteiger charge is 2.08. The van der Waals surface area contributed by atoms with Crippen LogP contribution < -0.4 is 5.32 Å². The first-order valence-corrected chi connectivity index (χ1v) is 4.95. The minimum atomic E-state index is 0.687. The van der Waals surface area contributed by atoms with Crippen molar-refractivity contribution in [1.82, 2.24) is 5.32 Å². The SMILES string of the molecule is CCCCC(C)C(C)NCC. The predicted molar refractivity (Wildman–Crippen MR) is 51.8 cm³/mol. The Morgan fingerprint density at radius 2 is 1.82 bits per heavy atom. The Morgan fingerprint density at radius 3 is 2.27 bits per heavy atom. The highest BCUT2D eigenvalue weighted by Crippen LogP contribution is 2.11. The third-order valence-electron chi connectivity index (χ3n) is 2.39. The Balaban J connectivity index is 3.38. The summed E-state index contributed by atoms with van der Waals surface area (Å²) < 4.78 is 0. The molecule has 2 unspecified atom stereocenters. The molecule has 0 aliphatic rings. The Kier molecular flexibility index (Phi) is 6.63. The quantitative estimate of drug-likeness (QED) is 0.625. The minimum absolute atomic E-state index is 0.687. The lowest BCUT2D eigenvalue weighted by molar-refractivity contribution is 0.376. The third kappa shape index (κ3) is 5.25. The molecule has 1 heteroatoms. The number of hydrogen-bond donors (Lipinski definition) is 1. The molecule has 1 nitrogen and oxygen atoms in total. The number of hydrogen-bond acceptors (Lipinski definition) is 1. The Labute approximate surface area is 71.6 Å². The first kappa shape index (κ1) is 11.0. The summed E-state index contributed by atoms with van der Waals surface area (Å²) in [5.41, 5.74) is 0. The smallest absolute Gasteiger partial charge is 0.00642 e. The van der Waals surface area contributed by atoms with E-state index in [1.54, 1.807) is 0 Å². The van der Waals surface area contributed by atoms with Crippen molar-refractivity contribution in [3.8, 4) is 0 Å². The molecule has 0 spiro atoms. The molecule has 0 aliphatic carbocycles. The lowest BCUT2D eigenvalue weighted by atomic mass is 9.97. The first-order valence-electron chi connectivity index (χ1n) is 4.95. The molecular formula is C10H23N. The maximum absolute atomic E-state index is 3.45. The van der Waals surface area contributed by atoms with Crippen LogP contribution in [0.1, 0.15) is 47.0 Å². The summed E-state index contributed by atoms with van der Waals surface area (Å²) in [6.45, 7) is 10.1. The van der Waals surface area contributed by atoms with Crippen LogP contribution in [0.5, 0.6) is 0 Å². The van der Waals surface area contributed by atoms with E-state index in [1.807, 2.05) is 0 Å². The Bertz CT molecular complexity index is 80.9. The van der Waals surface area contributed by atoms with E-state index in [1.165, 1.54) is 19.3 Å². The van der Waals surface area contributed by atoms with Gasteiger partial charge in [-0.3, -0.25) is 0 Å². The van der Waals surface area contributed by atoms with Crippen LogP contribution in [0.25, 0.3) is 0 Å². The Morgan fingerprint density at radius 1 is 1.18 bits per heavy atom. The molecule has 0 aliphatic heterocycles. The molecule has 2 atom stereocenters. The summed E-state index contributed by atoms with van der Waals surface area (Å²) in [4.78, 5) is 0. The molecule has 68 valence electrons. The lowest BCUT2D eigenvalue weighted by Crippen LogP contribution is -2.31. The van der Waals surface area contributed by atoms with Crippen molar-refractivity contribution >= 4 is 0 Å². The fourth-order valence-electron chi connectivity index (χ4n) is 1.30. The first-order chi connectivity index (χ1) is 5.22. The maximum atomic E-state index is 3.45. The molecule has 0 fully saturated rings. The third-order valence-corrected chi connectivity index (χ3v) is 2.39. The summed E-state index contributed by atoms with van der Waals surface area (Å²) in [7, 11) is 0. The van der Waals surface area contributed by atoms with Crippen molar-refractivity contribution in [2.45, 2.75) is 53.0 Å². The molecule has 0 radical (unpaired) electrons. The van der Waals surface area contributed by atoms with Crippen molar-refractivity contribution in [3.63, 3.8) is 0 Å². The van der Waals surface area contributed by atoms with E-state index >= 15 is 0 Å². The van der Waals surface area contributed by atoms with E-state index in [4.69, 9.17) is 0 Å². The van der Waals surface area contributed by atoms with E-state index in [0.29, 0.717) is 6.04 Å². The van der Waals surface area contributed by atoms with Gasteiger partial charge in [0.25, 0.3) is 0 Å². The molecule has 0 heterocycles. The van der Waals surface area contributed by atoms with Gasteiger partial charge in [-0.15, -0.1) is 0 Å². The minimum Gasteiger partial charge on any atom is -0.314 e. The van der Waals surface area contributed by atoms with E-state index in [2.05, 4.69) is 33.0 Å². The van der Waals surface area contributed by atoms with Gasteiger partial charge in [0.2, 0.25) is 0 Å². The molecule has 0 aromatic carbocycles. The van der Waals surface area contributed by atoms with Crippen molar-refractivity contribution < 1.29 is 0 Å². The molecule has 0 amide bonds. The number of unbranched alkanes of at least 4 members (excludes halogenated alkanes) is 1. The zero-order chi connectivity index (χ0) is 8.69. The fourth-order valence-corrected chi connectivity index (χ4v) is 1.30. The van der Waals surface area contributed by atoms with Gasteiger partial charge in [-0.1, -0.05) is 33.6 Å². The second-order valence-corrected chi connectivity index (χ2v) is 3.47. The fraction of sp³-hybridized carbons (Fsp3) is 1.00. The van der Waals surface area contributed by atoms with E-state index < -0.39 is 0 Å². The topological polar surface area (TPSA) is 12.0 Å². The van der Waals surface area contributed by atoms with Gasteiger partial charge in [-0.05, 0) is 25.8 Å². The van der Waals surface area contributed by atoms with E-state index in [0.717, 1.165) is 12.5 Å². The lowest BCUT2D eigenvalue weighted by Gasteiger charge is -2.20. The summed E-state index contributed by atoms with van der Waals surface area (Å²) >= 11 is 0. The monoisotopic (exact) mass is 157 g/mol. The van der Waals surface area contributed by atoms with Crippen LogP contribution >= 0.6 is 0 Å². The van der Waals surface area contributed by atoms with Gasteiger partial charge in [0.1, 0.15) is 0 Å². The largest absolute Gasteiger partial charge is 0.314 e. The van der Waals surface area contributed by atoms with Crippen molar-refractivity contribution in [3.05, 3.63) is 0 Å². The van der Waals surface area contributed by atoms with Crippen molar-refractivity contribution in [2.24, 2.45) is 5.92 Å². The summed E-state index contributed by atoms with van der Waals surface area (Å²) in [6, 6.07) is 0.687. The van der Waals surface area contributed by atoms with E-state index in [-0.39, 0.29) is 0 Å². The van der Waals surface area contributed by atoms with Gasteiger partial charge in [0.15, 0.2) is 0 Å². The summed E-state index contributed by atoms with van der Waals surface area (Å²) in [5, 5.41) is 3.45. The van der Waals surface area contributed by atoms with E-state index in [9.17, 15) is 0 Å². The van der Waals surface area contributed by atoms with Gasteiger partial charge in [-0.2, -0.15) is 0 Å². The van der Waals surface area contributed by atoms with Gasteiger partial charge in [-0.25, -0.2) is 0 Å². The van der Waals surface area contributed by atoms with Gasteiger partial charge in [0, 0.05) is 6.04 Å². The van der Waals surface area contributed by atoms with Gasteiger partial charge >= 0.3 is 0 Å². The zero-order valence-electron chi connectivity index (χ0n) is 8.48. The van der Waals surface area contributed by atoms with Crippen LogP contribution in [0.2, 0.25) is 0 Å². The average Bonchev–Trinajstić information content (AvgIpc) is 2.00. The van der Waals surface area contributed by atoms with Crippen LogP contribution in [0.15, 0.2) is 0 Å². The summed E-state index contributed by atoms with van der Waals surface area (Å²) in [6.07, 6.45) is 4.06. The molecule has 1 N–H and O–H groups in total. The molecule has 0 saturated carbocycles. The zero-order valence-corrected chi connectivity index (χ0v) is 8.48. The standard InChI is InChI=1S/C10H23N/c1-5-7-8-9(3)10(4)11-6-2/h9-11H,5-8H2,1-4H3. The molecule has 0 bridgehead atoms. The van der Waals surface area contributed by atoms with Crippen molar-refractivity contribution in [2.75, 3.05) is 6.54 Å². The van der Waals surface area contributed by atoms with Crippen molar-refractivity contribution in [1.29, 1.82) is 0 Å². The number of rotatable bonds is 6. The molecule has 0 rings (SSSR count). The van der Waals surface area contributed by atoms with Crippen LogP contribution in [-0.4, -0.2) is 12.6 Å². The van der Waals surface area contributed by atoms with Gasteiger partial charge < -0.3 is 5.32 Å². The number of nitrogens with one attached hydrogen (secondary N) is 1. The molecule has 0 aromatic rings. The average molecular weight is 157 g/mol. The molecule has 11 heavy (non-hydrogen) atoms. The molecule has 0 saturated heterocycles. The highest BCUT2D eigenvalue weighted by atomic mass is 14.9. The second kappa shape index (κ2) is 6.66. The Hall–Kier alpha value is -0.0400. The molecule has 0 aromatic heterocycles. The van der Waals surface area contributed by atoms with Crippen LogP contribution in [0, 0.1) is 5.92 Å².